The van der Waals surface area contributed by atoms with Gasteiger partial charge in [0.1, 0.15) is 0 Å². The van der Waals surface area contributed by atoms with E-state index >= 15 is 0 Å². The van der Waals surface area contributed by atoms with Gasteiger partial charge in [0.25, 0.3) is 0 Å². The average molecular weight is 348 g/mol. The smallest absolute Gasteiger partial charge is 0.242 e. The van der Waals surface area contributed by atoms with Crippen molar-refractivity contribution in [2.75, 3.05) is 13.6 Å². The first-order valence-corrected chi connectivity index (χ1v) is 7.20. The summed E-state index contributed by atoms with van der Waals surface area (Å²) in [4.78, 5) is 25.2. The molecule has 1 rings (SSSR count). The Morgan fingerprint density at radius 2 is 2.00 bits per heavy atom. The molecule has 0 aliphatic carbocycles. The number of nitrogens with two attached hydrogens (primary N) is 1. The van der Waals surface area contributed by atoms with Gasteiger partial charge in [-0.1, -0.05) is 37.6 Å². The molecule has 0 bridgehead atoms. The van der Waals surface area contributed by atoms with Crippen LogP contribution in [0.15, 0.2) is 24.3 Å². The van der Waals surface area contributed by atoms with Crippen molar-refractivity contribution in [3.63, 3.8) is 0 Å². The number of nitrogens with zero attached hydrogens (tertiary/aromatic N) is 1. The second-order valence-corrected chi connectivity index (χ2v) is 5.80. The summed E-state index contributed by atoms with van der Waals surface area (Å²) in [6.07, 6.45) is 0. The number of rotatable bonds is 6. The molecule has 7 heteroatoms. The fraction of sp³-hybridized carbons (Fsp3) is 0.467. The molecule has 0 spiro atoms. The molecular formula is C15H23Cl2N3O2. The van der Waals surface area contributed by atoms with Gasteiger partial charge in [0.2, 0.25) is 11.8 Å². The Bertz CT molecular complexity index is 509. The van der Waals surface area contributed by atoms with Crippen LogP contribution < -0.4 is 11.1 Å². The highest BCUT2D eigenvalue weighted by Crippen LogP contribution is 2.12. The molecular weight excluding hydrogens is 325 g/mol. The molecule has 1 atom stereocenters. The van der Waals surface area contributed by atoms with E-state index in [1.54, 1.807) is 19.2 Å². The molecule has 0 aliphatic heterocycles. The quantitative estimate of drug-likeness (QED) is 0.823. The third-order valence-electron chi connectivity index (χ3n) is 3.17. The van der Waals surface area contributed by atoms with Crippen LogP contribution in [0.2, 0.25) is 5.02 Å². The van der Waals surface area contributed by atoms with Crippen LogP contribution in [0.1, 0.15) is 19.4 Å². The van der Waals surface area contributed by atoms with E-state index in [0.717, 1.165) is 5.56 Å². The van der Waals surface area contributed by atoms with Crippen LogP contribution in [-0.2, 0) is 16.1 Å². The maximum atomic E-state index is 12.0. The summed E-state index contributed by atoms with van der Waals surface area (Å²) in [6, 6.07) is 6.71. The number of nitrogens with one attached hydrogen (secondary N) is 1. The van der Waals surface area contributed by atoms with Crippen LogP contribution >= 0.6 is 24.0 Å². The van der Waals surface area contributed by atoms with Crippen LogP contribution in [0.25, 0.3) is 0 Å². The number of carbonyl (C=O) groups excluding carboxylic acids is 2. The van der Waals surface area contributed by atoms with E-state index < -0.39 is 6.04 Å². The van der Waals surface area contributed by atoms with Crippen molar-refractivity contribution >= 4 is 35.8 Å². The van der Waals surface area contributed by atoms with Gasteiger partial charge >= 0.3 is 0 Å². The third kappa shape index (κ3) is 6.64. The minimum Gasteiger partial charge on any atom is -0.346 e. The molecule has 3 N–H and O–H groups in total. The second-order valence-electron chi connectivity index (χ2n) is 5.37. The van der Waals surface area contributed by atoms with Crippen molar-refractivity contribution in [1.29, 1.82) is 0 Å². The highest BCUT2D eigenvalue weighted by molar-refractivity contribution is 6.30. The monoisotopic (exact) mass is 347 g/mol. The van der Waals surface area contributed by atoms with Gasteiger partial charge in [0.05, 0.1) is 12.6 Å². The lowest BCUT2D eigenvalue weighted by Gasteiger charge is -2.19. The Balaban J connectivity index is 0.00000441. The number of hydrogen-bond acceptors (Lipinski definition) is 3. The third-order valence-corrected chi connectivity index (χ3v) is 3.40. The van der Waals surface area contributed by atoms with Crippen molar-refractivity contribution in [2.24, 2.45) is 11.7 Å². The number of amides is 2. The maximum Gasteiger partial charge on any atom is 0.242 e. The van der Waals surface area contributed by atoms with Crippen molar-refractivity contribution in [2.45, 2.75) is 26.4 Å². The van der Waals surface area contributed by atoms with Crippen molar-refractivity contribution in [3.8, 4) is 0 Å². The SMILES string of the molecule is CC(C)[C@H](N)C(=O)NCC(=O)N(C)Cc1cccc(Cl)c1.Cl. The van der Waals surface area contributed by atoms with Gasteiger partial charge in [0, 0.05) is 18.6 Å². The maximum absolute atomic E-state index is 12.0. The summed E-state index contributed by atoms with van der Waals surface area (Å²) in [7, 11) is 1.68. The van der Waals surface area contributed by atoms with Gasteiger partial charge in [-0.05, 0) is 23.6 Å². The molecule has 0 unspecified atom stereocenters. The van der Waals surface area contributed by atoms with Gasteiger partial charge in [-0.3, -0.25) is 9.59 Å². The molecule has 22 heavy (non-hydrogen) atoms. The molecule has 0 fully saturated rings. The molecule has 1 aromatic carbocycles. The standard InChI is InChI=1S/C15H22ClN3O2.ClH/c1-10(2)14(17)15(21)18-8-13(20)19(3)9-11-5-4-6-12(16)7-11;/h4-7,10,14H,8-9,17H2,1-3H3,(H,18,21);1H/t14-;/m0./s1. The van der Waals surface area contributed by atoms with Crippen LogP contribution in [0.5, 0.6) is 0 Å². The van der Waals surface area contributed by atoms with Crippen LogP contribution in [0.4, 0.5) is 0 Å². The molecule has 2 amide bonds. The zero-order valence-corrected chi connectivity index (χ0v) is 14.6. The fourth-order valence-electron chi connectivity index (χ4n) is 1.72. The first kappa shape index (κ1) is 20.7. The zero-order valence-electron chi connectivity index (χ0n) is 13.0. The summed E-state index contributed by atoms with van der Waals surface area (Å²) >= 11 is 5.90. The fourth-order valence-corrected chi connectivity index (χ4v) is 1.93. The predicted octanol–water partition coefficient (Wildman–Crippen LogP) is 1.82. The van der Waals surface area contributed by atoms with Gasteiger partial charge in [-0.2, -0.15) is 0 Å². The van der Waals surface area contributed by atoms with Crippen LogP contribution in [0, 0.1) is 5.92 Å². The normalized spacial score (nSPS) is 11.5. The molecule has 124 valence electrons. The Labute approximate surface area is 142 Å². The number of carbonyl (C=O) groups is 2. The minimum atomic E-state index is -0.601. The minimum absolute atomic E-state index is 0. The lowest BCUT2D eigenvalue weighted by atomic mass is 10.1. The molecule has 0 saturated carbocycles. The molecule has 0 radical (unpaired) electrons. The van der Waals surface area contributed by atoms with E-state index in [2.05, 4.69) is 5.32 Å². The van der Waals surface area contributed by atoms with Crippen LogP contribution in [-0.4, -0.2) is 36.3 Å². The van der Waals surface area contributed by atoms with E-state index in [1.165, 1.54) is 4.90 Å². The highest BCUT2D eigenvalue weighted by atomic mass is 35.5. The summed E-state index contributed by atoms with van der Waals surface area (Å²) in [5, 5.41) is 3.19. The lowest BCUT2D eigenvalue weighted by Crippen LogP contribution is -2.47. The Kier molecular flexibility index (Phi) is 9.09. The van der Waals surface area contributed by atoms with Crippen molar-refractivity contribution in [1.82, 2.24) is 10.2 Å². The van der Waals surface area contributed by atoms with Crippen LogP contribution in [0.3, 0.4) is 0 Å². The molecule has 0 aromatic heterocycles. The summed E-state index contributed by atoms with van der Waals surface area (Å²) < 4.78 is 0. The van der Waals surface area contributed by atoms with E-state index in [1.807, 2.05) is 26.0 Å². The van der Waals surface area contributed by atoms with E-state index in [0.29, 0.717) is 11.6 Å². The number of hydrogen-bond donors (Lipinski definition) is 2. The second kappa shape index (κ2) is 9.66. The molecule has 5 nitrogen and oxygen atoms in total. The van der Waals surface area contributed by atoms with Crippen molar-refractivity contribution < 1.29 is 9.59 Å². The predicted molar refractivity (Wildman–Crippen MR) is 91.0 cm³/mol. The average Bonchev–Trinajstić information content (AvgIpc) is 2.43. The van der Waals surface area contributed by atoms with E-state index in [9.17, 15) is 9.59 Å². The van der Waals surface area contributed by atoms with Gasteiger partial charge < -0.3 is 16.0 Å². The molecule has 1 aromatic rings. The summed E-state index contributed by atoms with van der Waals surface area (Å²) in [5.74, 6) is -0.460. The largest absolute Gasteiger partial charge is 0.346 e. The van der Waals surface area contributed by atoms with E-state index in [4.69, 9.17) is 17.3 Å². The number of likely N-dealkylation sites (N-methyl/N-ethyl adjacent to an activating group) is 1. The lowest BCUT2D eigenvalue weighted by molar-refractivity contribution is -0.132. The Morgan fingerprint density at radius 1 is 1.36 bits per heavy atom. The van der Waals surface area contributed by atoms with Gasteiger partial charge in [0.15, 0.2) is 0 Å². The molecule has 0 saturated heterocycles. The summed E-state index contributed by atoms with van der Waals surface area (Å²) in [6.45, 7) is 4.09. The van der Waals surface area contributed by atoms with Crippen molar-refractivity contribution in [3.05, 3.63) is 34.9 Å². The summed E-state index contributed by atoms with van der Waals surface area (Å²) in [5.41, 5.74) is 6.64. The first-order valence-electron chi connectivity index (χ1n) is 6.83. The topological polar surface area (TPSA) is 75.4 Å². The zero-order chi connectivity index (χ0) is 16.0. The van der Waals surface area contributed by atoms with Gasteiger partial charge in [-0.25, -0.2) is 0 Å². The Morgan fingerprint density at radius 3 is 2.55 bits per heavy atom. The Hall–Kier alpha value is -1.30. The molecule has 0 aliphatic rings. The van der Waals surface area contributed by atoms with E-state index in [-0.39, 0.29) is 36.7 Å². The highest BCUT2D eigenvalue weighted by Gasteiger charge is 2.18. The molecule has 0 heterocycles. The number of halogens is 2. The van der Waals surface area contributed by atoms with Gasteiger partial charge in [-0.15, -0.1) is 12.4 Å². The first-order chi connectivity index (χ1) is 9.81. The number of benzene rings is 1.